The van der Waals surface area contributed by atoms with E-state index in [1.807, 2.05) is 48.7 Å². The molecule has 2 amide bonds. The van der Waals surface area contributed by atoms with Crippen LogP contribution in [0.5, 0.6) is 0 Å². The zero-order chi connectivity index (χ0) is 20.9. The maximum atomic E-state index is 13.2. The molecule has 4 rings (SSSR count). The highest BCUT2D eigenvalue weighted by Gasteiger charge is 2.39. The smallest absolute Gasteiger partial charge is 0.255 e. The molecule has 156 valence electrons. The minimum absolute atomic E-state index is 0.0621. The Balaban J connectivity index is 1.53. The topological polar surface area (TPSA) is 65.2 Å². The summed E-state index contributed by atoms with van der Waals surface area (Å²) in [6, 6.07) is 15.5. The van der Waals surface area contributed by atoms with Gasteiger partial charge in [0.1, 0.15) is 6.54 Å². The molecule has 2 N–H and O–H groups in total. The number of aromatic amines is 1. The maximum absolute atomic E-state index is 13.2. The van der Waals surface area contributed by atoms with Crippen molar-refractivity contribution in [2.24, 2.45) is 0 Å². The van der Waals surface area contributed by atoms with E-state index < -0.39 is 0 Å². The Kier molecular flexibility index (Phi) is 6.17. The van der Waals surface area contributed by atoms with Gasteiger partial charge < -0.3 is 15.2 Å². The molecule has 0 saturated heterocycles. The van der Waals surface area contributed by atoms with E-state index in [1.54, 1.807) is 4.90 Å². The molecule has 5 heteroatoms. The summed E-state index contributed by atoms with van der Waals surface area (Å²) in [7, 11) is 0. The summed E-state index contributed by atoms with van der Waals surface area (Å²) in [6.45, 7) is 2.92. The van der Waals surface area contributed by atoms with Crippen molar-refractivity contribution >= 4 is 22.7 Å². The van der Waals surface area contributed by atoms with Crippen molar-refractivity contribution in [2.45, 2.75) is 45.1 Å². The Labute approximate surface area is 177 Å². The Morgan fingerprint density at radius 1 is 1.00 bits per heavy atom. The number of nitrogens with one attached hydrogen (secondary N) is 2. The van der Waals surface area contributed by atoms with Crippen molar-refractivity contribution in [3.8, 4) is 0 Å². The number of fused-ring (bicyclic) bond motifs is 2. The van der Waals surface area contributed by atoms with Crippen LogP contribution in [-0.4, -0.2) is 34.8 Å². The first kappa shape index (κ1) is 20.2. The number of para-hydroxylation sites is 1. The third kappa shape index (κ3) is 3.97. The summed E-state index contributed by atoms with van der Waals surface area (Å²) < 4.78 is 0. The van der Waals surface area contributed by atoms with Crippen LogP contribution in [0.3, 0.4) is 0 Å². The van der Waals surface area contributed by atoms with Gasteiger partial charge in [0.15, 0.2) is 0 Å². The molecule has 0 aliphatic carbocycles. The SMILES string of the molecule is CCCCCCCNC(=O)CN1C(=O)c2ccccc2[C@H]1c1c[nH]c2ccccc12. The fourth-order valence-electron chi connectivity index (χ4n) is 4.36. The minimum Gasteiger partial charge on any atom is -0.361 e. The predicted molar refractivity (Wildman–Crippen MR) is 119 cm³/mol. The molecule has 1 aromatic heterocycles. The van der Waals surface area contributed by atoms with Gasteiger partial charge in [-0.2, -0.15) is 0 Å². The van der Waals surface area contributed by atoms with Crippen LogP contribution in [0.15, 0.2) is 54.7 Å². The Hall–Kier alpha value is -3.08. The molecule has 0 unspecified atom stereocenters. The summed E-state index contributed by atoms with van der Waals surface area (Å²) in [5, 5.41) is 4.07. The molecule has 0 radical (unpaired) electrons. The van der Waals surface area contributed by atoms with Gasteiger partial charge in [-0.15, -0.1) is 0 Å². The number of aromatic nitrogens is 1. The largest absolute Gasteiger partial charge is 0.361 e. The molecular formula is C25H29N3O2. The highest BCUT2D eigenvalue weighted by Crippen LogP contribution is 2.40. The van der Waals surface area contributed by atoms with E-state index in [1.165, 1.54) is 19.3 Å². The zero-order valence-corrected chi connectivity index (χ0v) is 17.5. The molecule has 3 aromatic rings. The average molecular weight is 404 g/mol. The first-order valence-electron chi connectivity index (χ1n) is 10.9. The van der Waals surface area contributed by atoms with Crippen molar-refractivity contribution in [1.82, 2.24) is 15.2 Å². The molecular weight excluding hydrogens is 374 g/mol. The molecule has 0 fully saturated rings. The van der Waals surface area contributed by atoms with Crippen LogP contribution in [0.25, 0.3) is 10.9 Å². The minimum atomic E-state index is -0.264. The Morgan fingerprint density at radius 3 is 2.63 bits per heavy atom. The number of benzene rings is 2. The molecule has 30 heavy (non-hydrogen) atoms. The van der Waals surface area contributed by atoms with Gasteiger partial charge in [-0.05, 0) is 24.1 Å². The second kappa shape index (κ2) is 9.16. The second-order valence-electron chi connectivity index (χ2n) is 7.98. The lowest BCUT2D eigenvalue weighted by atomic mass is 9.97. The van der Waals surface area contributed by atoms with Gasteiger partial charge in [-0.1, -0.05) is 69.0 Å². The summed E-state index contributed by atoms with van der Waals surface area (Å²) in [5.41, 5.74) is 3.69. The third-order valence-corrected chi connectivity index (χ3v) is 5.89. The fraction of sp³-hybridized carbons (Fsp3) is 0.360. The molecule has 2 aromatic carbocycles. The van der Waals surface area contributed by atoms with Crippen molar-refractivity contribution in [1.29, 1.82) is 0 Å². The number of carbonyl (C=O) groups excluding carboxylic acids is 2. The van der Waals surface area contributed by atoms with Gasteiger partial charge in [0.25, 0.3) is 5.91 Å². The molecule has 0 spiro atoms. The number of carbonyl (C=O) groups is 2. The number of H-pyrrole nitrogens is 1. The number of hydrogen-bond donors (Lipinski definition) is 2. The van der Waals surface area contributed by atoms with Crippen molar-refractivity contribution in [2.75, 3.05) is 13.1 Å². The van der Waals surface area contributed by atoms with Crippen molar-refractivity contribution in [3.63, 3.8) is 0 Å². The van der Waals surface area contributed by atoms with Gasteiger partial charge in [-0.25, -0.2) is 0 Å². The monoisotopic (exact) mass is 403 g/mol. The van der Waals surface area contributed by atoms with Gasteiger partial charge >= 0.3 is 0 Å². The van der Waals surface area contributed by atoms with Crippen LogP contribution in [-0.2, 0) is 4.79 Å². The standard InChI is InChI=1S/C25H29N3O2/c1-2-3-4-5-10-15-26-23(29)17-28-24(19-12-6-7-13-20(19)25(28)30)21-16-27-22-14-9-8-11-18(21)22/h6-9,11-14,16,24,27H,2-5,10,15,17H2,1H3,(H,26,29)/t24-/m0/s1. The normalized spacial score (nSPS) is 15.6. The predicted octanol–water partition coefficient (Wildman–Crippen LogP) is 4.80. The van der Waals surface area contributed by atoms with E-state index in [2.05, 4.69) is 23.3 Å². The first-order valence-corrected chi connectivity index (χ1v) is 10.9. The van der Waals surface area contributed by atoms with Crippen LogP contribution in [0, 0.1) is 0 Å². The zero-order valence-electron chi connectivity index (χ0n) is 17.5. The maximum Gasteiger partial charge on any atom is 0.255 e. The van der Waals surface area contributed by atoms with Gasteiger partial charge in [0.2, 0.25) is 5.91 Å². The lowest BCUT2D eigenvalue weighted by molar-refractivity contribution is -0.122. The first-order chi connectivity index (χ1) is 14.7. The third-order valence-electron chi connectivity index (χ3n) is 5.89. The molecule has 1 aliphatic heterocycles. The summed E-state index contributed by atoms with van der Waals surface area (Å²) in [4.78, 5) is 30.8. The second-order valence-corrected chi connectivity index (χ2v) is 7.98. The van der Waals surface area contributed by atoms with E-state index in [4.69, 9.17) is 0 Å². The van der Waals surface area contributed by atoms with Crippen molar-refractivity contribution < 1.29 is 9.59 Å². The van der Waals surface area contributed by atoms with Crippen LogP contribution >= 0.6 is 0 Å². The highest BCUT2D eigenvalue weighted by atomic mass is 16.2. The number of unbranched alkanes of at least 4 members (excludes halogenated alkanes) is 4. The Bertz CT molecular complexity index is 1040. The fourth-order valence-corrected chi connectivity index (χ4v) is 4.36. The molecule has 0 saturated carbocycles. The van der Waals surface area contributed by atoms with Crippen LogP contribution < -0.4 is 5.32 Å². The molecule has 1 atom stereocenters. The van der Waals surface area contributed by atoms with Gasteiger partial charge in [0, 0.05) is 34.8 Å². The van der Waals surface area contributed by atoms with E-state index >= 15 is 0 Å². The van der Waals surface area contributed by atoms with E-state index in [-0.39, 0.29) is 24.4 Å². The van der Waals surface area contributed by atoms with Crippen LogP contribution in [0.1, 0.15) is 66.6 Å². The summed E-state index contributed by atoms with van der Waals surface area (Å²) in [5.74, 6) is -0.185. The van der Waals surface area contributed by atoms with Crippen molar-refractivity contribution in [3.05, 3.63) is 71.4 Å². The molecule has 1 aliphatic rings. The van der Waals surface area contributed by atoms with E-state index in [0.717, 1.165) is 34.9 Å². The lowest BCUT2D eigenvalue weighted by Crippen LogP contribution is -2.39. The number of nitrogens with zero attached hydrogens (tertiary/aromatic N) is 1. The number of rotatable bonds is 9. The van der Waals surface area contributed by atoms with E-state index in [0.29, 0.717) is 12.1 Å². The van der Waals surface area contributed by atoms with Gasteiger partial charge in [0.05, 0.1) is 6.04 Å². The quantitative estimate of drug-likeness (QED) is 0.504. The van der Waals surface area contributed by atoms with Crippen LogP contribution in [0.2, 0.25) is 0 Å². The number of amides is 2. The highest BCUT2D eigenvalue weighted by molar-refractivity contribution is 6.02. The Morgan fingerprint density at radius 2 is 1.77 bits per heavy atom. The van der Waals surface area contributed by atoms with Crippen LogP contribution in [0.4, 0.5) is 0 Å². The van der Waals surface area contributed by atoms with E-state index in [9.17, 15) is 9.59 Å². The average Bonchev–Trinajstić information content (AvgIpc) is 3.30. The molecule has 2 heterocycles. The lowest BCUT2D eigenvalue weighted by Gasteiger charge is -2.25. The summed E-state index contributed by atoms with van der Waals surface area (Å²) in [6.07, 6.45) is 7.71. The molecule has 5 nitrogen and oxygen atoms in total. The molecule has 0 bridgehead atoms. The number of hydrogen-bond acceptors (Lipinski definition) is 2. The summed E-state index contributed by atoms with van der Waals surface area (Å²) >= 11 is 0. The van der Waals surface area contributed by atoms with Gasteiger partial charge in [-0.3, -0.25) is 9.59 Å².